The van der Waals surface area contributed by atoms with Gasteiger partial charge >= 0.3 is 18.0 Å². The second-order valence-electron chi connectivity index (χ2n) is 9.49. The van der Waals surface area contributed by atoms with Crippen LogP contribution in [0.15, 0.2) is 53.6 Å². The van der Waals surface area contributed by atoms with E-state index in [1.807, 2.05) is 0 Å². The number of halogens is 7. The molecule has 0 radical (unpaired) electrons. The van der Waals surface area contributed by atoms with Crippen LogP contribution in [0.1, 0.15) is 34.6 Å². The Morgan fingerprint density at radius 2 is 1.76 bits per heavy atom. The number of carbonyl (C=O) groups is 1. The molecule has 0 spiro atoms. The zero-order chi connectivity index (χ0) is 30.4. The Bertz CT molecular complexity index is 1670. The SMILES string of the molecule is O=C(NC1CC1)c1cccc(C(F)(F)F)c1-n1cnc(Cn2nc(-c3ccc(Cl)cc3)n(CC(O)C(F)(F)F)c2=O)n1. The van der Waals surface area contributed by atoms with Crippen molar-refractivity contribution in [3.8, 4) is 17.1 Å². The van der Waals surface area contributed by atoms with Gasteiger partial charge < -0.3 is 10.4 Å². The minimum Gasteiger partial charge on any atom is -0.382 e. The van der Waals surface area contributed by atoms with Crippen LogP contribution in [0.25, 0.3) is 17.1 Å². The summed E-state index contributed by atoms with van der Waals surface area (Å²) >= 11 is 5.88. The van der Waals surface area contributed by atoms with Gasteiger partial charge in [-0.15, -0.1) is 10.2 Å². The van der Waals surface area contributed by atoms with E-state index >= 15 is 0 Å². The number of hydrogen-bond donors (Lipinski definition) is 2. The number of rotatable bonds is 8. The van der Waals surface area contributed by atoms with Crippen molar-refractivity contribution in [2.45, 2.75) is 50.4 Å². The monoisotopic (exact) mass is 615 g/mol. The Morgan fingerprint density at radius 3 is 2.38 bits per heavy atom. The first-order valence-electron chi connectivity index (χ1n) is 12.3. The number of nitrogens with zero attached hydrogens (tertiary/aromatic N) is 6. The van der Waals surface area contributed by atoms with Crippen molar-refractivity contribution in [3.63, 3.8) is 0 Å². The van der Waals surface area contributed by atoms with Crippen LogP contribution in [0, 0.1) is 0 Å². The number of aromatic nitrogens is 6. The standard InChI is InChI=1S/C25H20ClF6N7O3/c26-14-6-4-13(5-7-14)21-36-38(23(42)37(21)10-18(40)25(30,31)32)11-19-33-12-39(35-19)20-16(22(41)34-15-8-9-15)2-1-3-17(20)24(27,28)29/h1-7,12,15,18,40H,8-11H2,(H,34,41). The molecule has 222 valence electrons. The van der Waals surface area contributed by atoms with E-state index in [1.165, 1.54) is 30.3 Å². The van der Waals surface area contributed by atoms with Crippen LogP contribution in [-0.4, -0.2) is 58.4 Å². The van der Waals surface area contributed by atoms with Gasteiger partial charge in [-0.2, -0.15) is 26.3 Å². The van der Waals surface area contributed by atoms with E-state index in [9.17, 15) is 41.0 Å². The average molecular weight is 616 g/mol. The van der Waals surface area contributed by atoms with Crippen LogP contribution in [0.5, 0.6) is 0 Å². The molecule has 1 unspecified atom stereocenters. The fraction of sp³-hybridized carbons (Fsp3) is 0.320. The Kier molecular flexibility index (Phi) is 7.61. The lowest BCUT2D eigenvalue weighted by Crippen LogP contribution is -2.37. The van der Waals surface area contributed by atoms with Crippen LogP contribution in [0.4, 0.5) is 26.3 Å². The molecular weight excluding hydrogens is 596 g/mol. The molecule has 2 heterocycles. The third kappa shape index (κ3) is 6.18. The average Bonchev–Trinajstić information content (AvgIpc) is 3.53. The molecule has 0 aliphatic heterocycles. The first-order chi connectivity index (χ1) is 19.7. The van der Waals surface area contributed by atoms with Crippen molar-refractivity contribution >= 4 is 17.5 Å². The lowest BCUT2D eigenvalue weighted by Gasteiger charge is -2.16. The van der Waals surface area contributed by atoms with Gasteiger partial charge in [-0.1, -0.05) is 17.7 Å². The van der Waals surface area contributed by atoms with Gasteiger partial charge in [0.25, 0.3) is 5.91 Å². The minimum absolute atomic E-state index is 0.140. The first kappa shape index (κ1) is 29.3. The molecule has 10 nitrogen and oxygen atoms in total. The maximum Gasteiger partial charge on any atom is 0.418 e. The summed E-state index contributed by atoms with van der Waals surface area (Å²) in [6.45, 7) is -1.74. The molecule has 1 aliphatic carbocycles. The summed E-state index contributed by atoms with van der Waals surface area (Å²) in [7, 11) is 0. The second kappa shape index (κ2) is 10.9. The van der Waals surface area contributed by atoms with E-state index in [0.29, 0.717) is 27.1 Å². The van der Waals surface area contributed by atoms with Crippen LogP contribution in [0.2, 0.25) is 5.02 Å². The second-order valence-corrected chi connectivity index (χ2v) is 9.93. The zero-order valence-corrected chi connectivity index (χ0v) is 22.0. The van der Waals surface area contributed by atoms with E-state index in [1.54, 1.807) is 0 Å². The summed E-state index contributed by atoms with van der Waals surface area (Å²) in [5.41, 5.74) is -2.92. The van der Waals surface area contributed by atoms with Gasteiger partial charge in [-0.05, 0) is 49.2 Å². The van der Waals surface area contributed by atoms with E-state index < -0.39 is 54.4 Å². The molecule has 4 aromatic rings. The predicted octanol–water partition coefficient (Wildman–Crippen LogP) is 3.83. The van der Waals surface area contributed by atoms with Gasteiger partial charge in [0.15, 0.2) is 17.8 Å². The molecular formula is C25H20ClF6N7O3. The number of hydrogen-bond acceptors (Lipinski definition) is 6. The van der Waals surface area contributed by atoms with Crippen molar-refractivity contribution in [1.29, 1.82) is 0 Å². The van der Waals surface area contributed by atoms with Crippen molar-refractivity contribution in [3.05, 3.63) is 81.3 Å². The number of aliphatic hydroxyl groups is 1. The molecule has 5 rings (SSSR count). The number of para-hydroxylation sites is 1. The fourth-order valence-electron chi connectivity index (χ4n) is 4.10. The highest BCUT2D eigenvalue weighted by atomic mass is 35.5. The van der Waals surface area contributed by atoms with Crippen LogP contribution >= 0.6 is 11.6 Å². The van der Waals surface area contributed by atoms with E-state index in [4.69, 9.17) is 11.6 Å². The molecule has 2 aromatic carbocycles. The number of carbonyl (C=O) groups excluding carboxylic acids is 1. The van der Waals surface area contributed by atoms with Gasteiger partial charge in [0.2, 0.25) is 0 Å². The lowest BCUT2D eigenvalue weighted by molar-refractivity contribution is -0.207. The van der Waals surface area contributed by atoms with Gasteiger partial charge in [0.1, 0.15) is 12.9 Å². The molecule has 1 aliphatic rings. The Balaban J connectivity index is 1.53. The summed E-state index contributed by atoms with van der Waals surface area (Å²) in [4.78, 5) is 29.8. The molecule has 2 aromatic heterocycles. The van der Waals surface area contributed by atoms with Crippen molar-refractivity contribution in [1.82, 2.24) is 34.4 Å². The third-order valence-electron chi connectivity index (χ3n) is 6.32. The molecule has 1 saturated carbocycles. The van der Waals surface area contributed by atoms with Crippen LogP contribution in [0.3, 0.4) is 0 Å². The molecule has 2 N–H and O–H groups in total. The highest BCUT2D eigenvalue weighted by Crippen LogP contribution is 2.35. The van der Waals surface area contributed by atoms with Gasteiger partial charge in [0, 0.05) is 16.6 Å². The molecule has 0 saturated heterocycles. The van der Waals surface area contributed by atoms with Crippen molar-refractivity contribution < 1.29 is 36.2 Å². The molecule has 0 bridgehead atoms. The van der Waals surface area contributed by atoms with E-state index in [-0.39, 0.29) is 28.8 Å². The van der Waals surface area contributed by atoms with Crippen molar-refractivity contribution in [2.75, 3.05) is 0 Å². The smallest absolute Gasteiger partial charge is 0.382 e. The highest BCUT2D eigenvalue weighted by molar-refractivity contribution is 6.30. The van der Waals surface area contributed by atoms with Crippen LogP contribution < -0.4 is 11.0 Å². The number of nitrogens with one attached hydrogen (secondary N) is 1. The largest absolute Gasteiger partial charge is 0.418 e. The third-order valence-corrected chi connectivity index (χ3v) is 6.57. The van der Waals surface area contributed by atoms with E-state index in [2.05, 4.69) is 20.5 Å². The fourth-order valence-corrected chi connectivity index (χ4v) is 4.23. The minimum atomic E-state index is -5.03. The van der Waals surface area contributed by atoms with Gasteiger partial charge in [0.05, 0.1) is 23.4 Å². The topological polar surface area (TPSA) is 120 Å². The molecule has 17 heteroatoms. The summed E-state index contributed by atoms with van der Waals surface area (Å²) < 4.78 is 83.2. The van der Waals surface area contributed by atoms with Gasteiger partial charge in [-0.25, -0.2) is 19.1 Å². The normalized spacial score (nSPS) is 14.7. The zero-order valence-electron chi connectivity index (χ0n) is 21.2. The maximum atomic E-state index is 13.9. The van der Waals surface area contributed by atoms with Crippen LogP contribution in [-0.2, 0) is 19.3 Å². The molecule has 42 heavy (non-hydrogen) atoms. The van der Waals surface area contributed by atoms with E-state index in [0.717, 1.165) is 23.1 Å². The number of amides is 1. The molecule has 1 atom stereocenters. The summed E-state index contributed by atoms with van der Waals surface area (Å²) in [6.07, 6.45) is -10.5. The highest BCUT2D eigenvalue weighted by Gasteiger charge is 2.40. The maximum absolute atomic E-state index is 13.9. The molecule has 1 fully saturated rings. The summed E-state index contributed by atoms with van der Waals surface area (Å²) in [5.74, 6) is -1.20. The number of aliphatic hydroxyl groups excluding tert-OH is 1. The number of benzene rings is 2. The summed E-state index contributed by atoms with van der Waals surface area (Å²) in [5, 5.41) is 20.7. The lowest BCUT2D eigenvalue weighted by atomic mass is 10.1. The number of alkyl halides is 6. The van der Waals surface area contributed by atoms with Crippen molar-refractivity contribution in [2.24, 2.45) is 0 Å². The molecule has 1 amide bonds. The Labute approximate surface area is 237 Å². The van der Waals surface area contributed by atoms with Gasteiger partial charge in [-0.3, -0.25) is 9.36 Å². The first-order valence-corrected chi connectivity index (χ1v) is 12.7. The quantitative estimate of drug-likeness (QED) is 0.291. The Hall–Kier alpha value is -4.18. The Morgan fingerprint density at radius 1 is 1.07 bits per heavy atom. The summed E-state index contributed by atoms with van der Waals surface area (Å²) in [6, 6.07) is 8.58. The predicted molar refractivity (Wildman–Crippen MR) is 135 cm³/mol.